The molecule has 0 aromatic rings. The van der Waals surface area contributed by atoms with Gasteiger partial charge in [0.25, 0.3) is 0 Å². The minimum absolute atomic E-state index is 0.332. The van der Waals surface area contributed by atoms with Gasteiger partial charge in [0.1, 0.15) is 0 Å². The van der Waals surface area contributed by atoms with Crippen LogP contribution < -0.4 is 0 Å². The van der Waals surface area contributed by atoms with Crippen LogP contribution in [0.25, 0.3) is 0 Å². The second kappa shape index (κ2) is 21.5. The van der Waals surface area contributed by atoms with Crippen LogP contribution in [0.1, 0.15) is 96.8 Å². The summed E-state index contributed by atoms with van der Waals surface area (Å²) in [5, 5.41) is 22.5. The molecule has 0 aromatic carbocycles. The zero-order chi connectivity index (χ0) is 18.5. The minimum atomic E-state index is -1.83. The molecule has 5 heteroatoms. The summed E-state index contributed by atoms with van der Waals surface area (Å²) in [4.78, 5) is 18.9. The molecule has 0 saturated carbocycles. The molecule has 5 nitrogen and oxygen atoms in total. The Hall–Kier alpha value is -1.52. The first-order valence-corrected chi connectivity index (χ1v) is 9.29. The van der Waals surface area contributed by atoms with Crippen LogP contribution in [-0.4, -0.2) is 27.4 Å². The lowest BCUT2D eigenvalue weighted by atomic mass is 10.1. The van der Waals surface area contributed by atoms with Crippen molar-refractivity contribution in [3.8, 4) is 0 Å². The molecule has 0 aliphatic heterocycles. The Kier molecular flexibility index (Phi) is 22.1. The summed E-state index contributed by atoms with van der Waals surface area (Å²) in [6.07, 6.45) is 19.4. The highest BCUT2D eigenvalue weighted by Gasteiger charge is 1.95. The smallest absolute Gasteiger partial charge is 0.481 e. The predicted molar refractivity (Wildman–Crippen MR) is 97.7 cm³/mol. The topological polar surface area (TPSA) is 94.8 Å². The average molecular weight is 344 g/mol. The van der Waals surface area contributed by atoms with E-state index in [4.69, 9.17) is 20.1 Å². The maximum Gasteiger partial charge on any atom is 0.503 e. The van der Waals surface area contributed by atoms with Gasteiger partial charge in [0.05, 0.1) is 0 Å². The average Bonchev–Trinajstić information content (AvgIpc) is 2.50. The molecule has 0 saturated heterocycles. The molecule has 0 rings (SSSR count). The lowest BCUT2D eigenvalue weighted by Crippen LogP contribution is -1.93. The van der Waals surface area contributed by atoms with Gasteiger partial charge in [0, 0.05) is 6.42 Å². The van der Waals surface area contributed by atoms with Crippen molar-refractivity contribution < 1.29 is 24.9 Å². The molecule has 0 unspecified atom stereocenters. The Labute approximate surface area is 146 Å². The summed E-state index contributed by atoms with van der Waals surface area (Å²) < 4.78 is 0. The van der Waals surface area contributed by atoms with E-state index in [2.05, 4.69) is 19.1 Å². The number of hydrogen-bond acceptors (Lipinski definition) is 2. The fourth-order valence-electron chi connectivity index (χ4n) is 2.35. The minimum Gasteiger partial charge on any atom is -0.481 e. The van der Waals surface area contributed by atoms with Gasteiger partial charge in [0.2, 0.25) is 0 Å². The number of rotatable bonds is 15. The molecule has 142 valence electrons. The molecule has 0 aromatic heterocycles. The third-order valence-electron chi connectivity index (χ3n) is 3.65. The predicted octanol–water partition coefficient (Wildman–Crippen LogP) is 6.33. The number of carbonyl (C=O) groups is 2. The summed E-state index contributed by atoms with van der Waals surface area (Å²) in [6, 6.07) is 0. The van der Waals surface area contributed by atoms with E-state index in [1.165, 1.54) is 70.6 Å². The fraction of sp³-hybridized carbons (Fsp3) is 0.789. The fourth-order valence-corrected chi connectivity index (χ4v) is 2.35. The summed E-state index contributed by atoms with van der Waals surface area (Å²) >= 11 is 0. The van der Waals surface area contributed by atoms with Crippen LogP contribution in [0.4, 0.5) is 4.79 Å². The van der Waals surface area contributed by atoms with Gasteiger partial charge >= 0.3 is 12.1 Å². The Balaban J connectivity index is 0. The largest absolute Gasteiger partial charge is 0.503 e. The van der Waals surface area contributed by atoms with Crippen LogP contribution >= 0.6 is 0 Å². The molecule has 0 aliphatic rings. The van der Waals surface area contributed by atoms with Gasteiger partial charge in [-0.25, -0.2) is 4.79 Å². The van der Waals surface area contributed by atoms with Gasteiger partial charge in [-0.1, -0.05) is 70.4 Å². The van der Waals surface area contributed by atoms with E-state index in [1.807, 2.05) is 0 Å². The van der Waals surface area contributed by atoms with Crippen molar-refractivity contribution >= 4 is 12.1 Å². The number of carboxylic acids is 1. The molecule has 0 fully saturated rings. The van der Waals surface area contributed by atoms with E-state index in [-0.39, 0.29) is 0 Å². The molecule has 24 heavy (non-hydrogen) atoms. The Morgan fingerprint density at radius 1 is 0.667 bits per heavy atom. The van der Waals surface area contributed by atoms with Crippen molar-refractivity contribution in [1.29, 1.82) is 0 Å². The van der Waals surface area contributed by atoms with Crippen LogP contribution in [-0.2, 0) is 4.79 Å². The molecular formula is C19H36O5. The summed E-state index contributed by atoms with van der Waals surface area (Å²) in [5.74, 6) is -0.664. The SMILES string of the molecule is CCCCCCCC/C=C\CCCCCCCC(=O)O.O=C(O)O. The number of carboxylic acid groups (broad SMARTS) is 3. The van der Waals surface area contributed by atoms with Crippen molar-refractivity contribution in [2.24, 2.45) is 0 Å². The molecule has 0 atom stereocenters. The first-order chi connectivity index (χ1) is 11.5. The second-order valence-corrected chi connectivity index (χ2v) is 6.01. The van der Waals surface area contributed by atoms with Crippen LogP contribution in [0.2, 0.25) is 0 Å². The first-order valence-electron chi connectivity index (χ1n) is 9.29. The Morgan fingerprint density at radius 2 is 1.04 bits per heavy atom. The van der Waals surface area contributed by atoms with Crippen molar-refractivity contribution in [2.75, 3.05) is 0 Å². The van der Waals surface area contributed by atoms with E-state index in [0.717, 1.165) is 12.8 Å². The van der Waals surface area contributed by atoms with Crippen LogP contribution in [0, 0.1) is 0 Å². The molecule has 0 heterocycles. The third-order valence-corrected chi connectivity index (χ3v) is 3.65. The summed E-state index contributed by atoms with van der Waals surface area (Å²) in [7, 11) is 0. The number of unbranched alkanes of at least 4 members (excludes halogenated alkanes) is 11. The van der Waals surface area contributed by atoms with Crippen molar-refractivity contribution in [3.63, 3.8) is 0 Å². The van der Waals surface area contributed by atoms with Crippen molar-refractivity contribution in [3.05, 3.63) is 12.2 Å². The van der Waals surface area contributed by atoms with Crippen molar-refractivity contribution in [2.45, 2.75) is 96.8 Å². The molecule has 0 amide bonds. The monoisotopic (exact) mass is 344 g/mol. The Bertz CT molecular complexity index is 309. The highest BCUT2D eigenvalue weighted by atomic mass is 16.6. The van der Waals surface area contributed by atoms with Gasteiger partial charge < -0.3 is 15.3 Å². The van der Waals surface area contributed by atoms with Gasteiger partial charge in [-0.3, -0.25) is 4.79 Å². The lowest BCUT2D eigenvalue weighted by Gasteiger charge is -1.99. The zero-order valence-electron chi connectivity index (χ0n) is 15.2. The standard InChI is InChI=1S/C18H34O2.CH2O3/c1-2-3-4-5-6-7-8-9-10-11-12-13-14-15-16-17-18(19)20;2-1(3)4/h9-10H,2-8,11-17H2,1H3,(H,19,20);(H2,2,3,4)/b10-9-;. The molecule has 0 radical (unpaired) electrons. The van der Waals surface area contributed by atoms with Gasteiger partial charge in [-0.05, 0) is 32.1 Å². The normalized spacial score (nSPS) is 10.4. The zero-order valence-corrected chi connectivity index (χ0v) is 15.2. The molecule has 0 bridgehead atoms. The third kappa shape index (κ3) is 32.4. The number of aliphatic carboxylic acids is 1. The lowest BCUT2D eigenvalue weighted by molar-refractivity contribution is -0.137. The van der Waals surface area contributed by atoms with Crippen LogP contribution in [0.3, 0.4) is 0 Å². The maximum atomic E-state index is 10.3. The van der Waals surface area contributed by atoms with E-state index < -0.39 is 12.1 Å². The second-order valence-electron chi connectivity index (χ2n) is 6.01. The van der Waals surface area contributed by atoms with Gasteiger partial charge in [-0.2, -0.15) is 0 Å². The highest BCUT2D eigenvalue weighted by Crippen LogP contribution is 2.09. The quantitative estimate of drug-likeness (QED) is 0.238. The van der Waals surface area contributed by atoms with Crippen LogP contribution in [0.5, 0.6) is 0 Å². The molecule has 3 N–H and O–H groups in total. The molecular weight excluding hydrogens is 308 g/mol. The summed E-state index contributed by atoms with van der Waals surface area (Å²) in [6.45, 7) is 2.26. The van der Waals surface area contributed by atoms with E-state index in [9.17, 15) is 4.79 Å². The van der Waals surface area contributed by atoms with E-state index >= 15 is 0 Å². The molecule has 0 aliphatic carbocycles. The summed E-state index contributed by atoms with van der Waals surface area (Å²) in [5.41, 5.74) is 0. The Morgan fingerprint density at radius 3 is 1.46 bits per heavy atom. The number of hydrogen-bond donors (Lipinski definition) is 3. The van der Waals surface area contributed by atoms with Gasteiger partial charge in [0.15, 0.2) is 0 Å². The van der Waals surface area contributed by atoms with Gasteiger partial charge in [-0.15, -0.1) is 0 Å². The maximum absolute atomic E-state index is 10.3. The molecule has 0 spiro atoms. The highest BCUT2D eigenvalue weighted by molar-refractivity contribution is 5.66. The van der Waals surface area contributed by atoms with E-state index in [0.29, 0.717) is 6.42 Å². The van der Waals surface area contributed by atoms with E-state index in [1.54, 1.807) is 0 Å². The van der Waals surface area contributed by atoms with Crippen LogP contribution in [0.15, 0.2) is 12.2 Å². The van der Waals surface area contributed by atoms with Crippen molar-refractivity contribution in [1.82, 2.24) is 0 Å². The number of allylic oxidation sites excluding steroid dienone is 2. The first kappa shape index (κ1) is 24.7.